The Kier molecular flexibility index (Phi) is 5.14. The van der Waals surface area contributed by atoms with Crippen molar-refractivity contribution in [2.75, 3.05) is 5.73 Å². The molecular weight excluding hydrogens is 414 g/mol. The molecule has 4 rings (SSSR count). The molecule has 0 spiro atoms. The number of fused-ring (bicyclic) bond motifs is 1. The molecule has 1 aromatic heterocycles. The summed E-state index contributed by atoms with van der Waals surface area (Å²) >= 11 is 1.27. The van der Waals surface area contributed by atoms with Crippen LogP contribution in [0.3, 0.4) is 0 Å². The van der Waals surface area contributed by atoms with Crippen LogP contribution in [0.15, 0.2) is 66.0 Å². The van der Waals surface area contributed by atoms with Crippen LogP contribution in [0.2, 0.25) is 0 Å². The summed E-state index contributed by atoms with van der Waals surface area (Å²) in [5.74, 6) is -1.24. The van der Waals surface area contributed by atoms with Crippen molar-refractivity contribution < 1.29 is 19.4 Å². The first-order valence-electron chi connectivity index (χ1n) is 9.14. The van der Waals surface area contributed by atoms with Gasteiger partial charge in [-0.3, -0.25) is 10.2 Å². The average Bonchev–Trinajstić information content (AvgIpc) is 3.28. The van der Waals surface area contributed by atoms with Gasteiger partial charge in [0.25, 0.3) is 0 Å². The summed E-state index contributed by atoms with van der Waals surface area (Å²) in [6.45, 7) is 0. The van der Waals surface area contributed by atoms with Gasteiger partial charge < -0.3 is 21.3 Å². The highest BCUT2D eigenvalue weighted by Crippen LogP contribution is 2.35. The lowest BCUT2D eigenvalue weighted by molar-refractivity contribution is 0.0694. The van der Waals surface area contributed by atoms with Crippen molar-refractivity contribution in [2.45, 2.75) is 0 Å². The van der Waals surface area contributed by atoms with Crippen LogP contribution in [0.1, 0.15) is 31.2 Å². The molecule has 6 N–H and O–H groups in total. The summed E-state index contributed by atoms with van der Waals surface area (Å²) in [6.07, 6.45) is 0. The minimum Gasteiger partial charge on any atom is -0.478 e. The molecule has 3 aromatic carbocycles. The zero-order valence-electron chi connectivity index (χ0n) is 16.1. The second kappa shape index (κ2) is 7.92. The first-order chi connectivity index (χ1) is 14.8. The maximum atomic E-state index is 12.6. The molecule has 0 radical (unpaired) electrons. The van der Waals surface area contributed by atoms with Gasteiger partial charge in [-0.1, -0.05) is 24.3 Å². The number of carbonyl (C=O) groups excluding carboxylic acids is 1. The van der Waals surface area contributed by atoms with E-state index in [1.165, 1.54) is 23.5 Å². The standard InChI is InChI=1S/C23H17N3O4S/c24-18-11-15(20(27)19-2-1-7-31-19)10-17(23(28)29)21(18)30-16-6-5-12-8-14(22(25)26)4-3-13(12)9-16/h1-11H,24H2,(H3,25,26)(H,28,29). The molecule has 0 saturated heterocycles. The topological polar surface area (TPSA) is 139 Å². The van der Waals surface area contributed by atoms with Crippen LogP contribution in [0.5, 0.6) is 11.5 Å². The Hall–Kier alpha value is -4.17. The lowest BCUT2D eigenvalue weighted by atomic mass is 10.0. The fraction of sp³-hybridized carbons (Fsp3) is 0. The van der Waals surface area contributed by atoms with E-state index in [1.54, 1.807) is 53.9 Å². The van der Waals surface area contributed by atoms with Gasteiger partial charge in [-0.25, -0.2) is 4.79 Å². The number of hydrogen-bond donors (Lipinski definition) is 4. The molecule has 0 aliphatic heterocycles. The molecule has 0 aliphatic carbocycles. The van der Waals surface area contributed by atoms with Crippen molar-refractivity contribution in [3.63, 3.8) is 0 Å². The van der Waals surface area contributed by atoms with E-state index >= 15 is 0 Å². The number of thiophene rings is 1. The predicted molar refractivity (Wildman–Crippen MR) is 121 cm³/mol. The molecule has 7 nitrogen and oxygen atoms in total. The van der Waals surface area contributed by atoms with Crippen LogP contribution in [0.4, 0.5) is 5.69 Å². The van der Waals surface area contributed by atoms with Crippen LogP contribution in [0, 0.1) is 5.41 Å². The van der Waals surface area contributed by atoms with E-state index < -0.39 is 5.97 Å². The molecule has 4 aromatic rings. The minimum atomic E-state index is -1.26. The Balaban J connectivity index is 1.72. The van der Waals surface area contributed by atoms with Gasteiger partial charge in [-0.2, -0.15) is 0 Å². The zero-order valence-corrected chi connectivity index (χ0v) is 16.9. The third-order valence-electron chi connectivity index (χ3n) is 4.70. The lowest BCUT2D eigenvalue weighted by Gasteiger charge is -2.14. The number of nitrogens with two attached hydrogens (primary N) is 2. The van der Waals surface area contributed by atoms with Crippen LogP contribution >= 0.6 is 11.3 Å². The molecule has 0 fully saturated rings. The van der Waals surface area contributed by atoms with Crippen molar-refractivity contribution in [1.82, 2.24) is 0 Å². The number of carboxylic acids is 1. The molecular formula is C23H17N3O4S. The third kappa shape index (κ3) is 3.96. The number of carboxylic acid groups (broad SMARTS) is 1. The smallest absolute Gasteiger partial charge is 0.339 e. The number of carbonyl (C=O) groups is 2. The molecule has 0 saturated carbocycles. The summed E-state index contributed by atoms with van der Waals surface area (Å²) in [5.41, 5.74) is 12.2. The number of hydrogen-bond acceptors (Lipinski definition) is 6. The van der Waals surface area contributed by atoms with E-state index in [4.69, 9.17) is 21.6 Å². The molecule has 0 amide bonds. The fourth-order valence-electron chi connectivity index (χ4n) is 3.18. The largest absolute Gasteiger partial charge is 0.478 e. The molecule has 0 aliphatic rings. The van der Waals surface area contributed by atoms with E-state index in [0.717, 1.165) is 10.8 Å². The Morgan fingerprint density at radius 3 is 2.39 bits per heavy atom. The van der Waals surface area contributed by atoms with Crippen LogP contribution in [-0.4, -0.2) is 22.7 Å². The Morgan fingerprint density at radius 2 is 1.71 bits per heavy atom. The number of amidine groups is 1. The number of nitrogens with one attached hydrogen (secondary N) is 1. The monoisotopic (exact) mass is 431 g/mol. The maximum Gasteiger partial charge on any atom is 0.339 e. The molecule has 0 bridgehead atoms. The van der Waals surface area contributed by atoms with E-state index in [-0.39, 0.29) is 34.2 Å². The number of ketones is 1. The van der Waals surface area contributed by atoms with Crippen molar-refractivity contribution in [3.05, 3.63) is 87.6 Å². The van der Waals surface area contributed by atoms with Gasteiger partial charge in [0, 0.05) is 11.1 Å². The Bertz CT molecular complexity index is 1350. The summed E-state index contributed by atoms with van der Waals surface area (Å²) in [5, 5.41) is 20.7. The highest BCUT2D eigenvalue weighted by atomic mass is 32.1. The van der Waals surface area contributed by atoms with Crippen molar-refractivity contribution >= 4 is 45.4 Å². The summed E-state index contributed by atoms with van der Waals surface area (Å²) in [6, 6.07) is 16.6. The van der Waals surface area contributed by atoms with Crippen molar-refractivity contribution in [3.8, 4) is 11.5 Å². The SMILES string of the molecule is N=C(N)c1ccc2cc(Oc3c(N)cc(C(=O)c4cccs4)cc3C(=O)O)ccc2c1. The maximum absolute atomic E-state index is 12.6. The average molecular weight is 431 g/mol. The molecule has 0 atom stereocenters. The number of rotatable bonds is 6. The number of aromatic carboxylic acids is 1. The first kappa shape index (κ1) is 20.1. The number of anilines is 1. The minimum absolute atomic E-state index is 0.0294. The molecule has 154 valence electrons. The number of nitrogen functional groups attached to an aromatic ring is 2. The fourth-order valence-corrected chi connectivity index (χ4v) is 3.86. The molecule has 8 heteroatoms. The van der Waals surface area contributed by atoms with Gasteiger partial charge in [-0.15, -0.1) is 11.3 Å². The van der Waals surface area contributed by atoms with E-state index in [2.05, 4.69) is 0 Å². The highest BCUT2D eigenvalue weighted by Gasteiger charge is 2.21. The Morgan fingerprint density at radius 1 is 0.968 bits per heavy atom. The van der Waals surface area contributed by atoms with Gasteiger partial charge in [-0.05, 0) is 52.6 Å². The van der Waals surface area contributed by atoms with E-state index in [9.17, 15) is 14.7 Å². The van der Waals surface area contributed by atoms with Crippen molar-refractivity contribution in [2.24, 2.45) is 5.73 Å². The molecule has 1 heterocycles. The van der Waals surface area contributed by atoms with E-state index in [0.29, 0.717) is 16.2 Å². The van der Waals surface area contributed by atoms with Crippen LogP contribution in [0.25, 0.3) is 10.8 Å². The number of ether oxygens (including phenoxy) is 1. The summed E-state index contributed by atoms with van der Waals surface area (Å²) in [7, 11) is 0. The quantitative estimate of drug-likeness (QED) is 0.153. The second-order valence-electron chi connectivity index (χ2n) is 6.79. The van der Waals surface area contributed by atoms with Gasteiger partial charge in [0.05, 0.1) is 10.6 Å². The van der Waals surface area contributed by atoms with E-state index in [1.807, 2.05) is 0 Å². The summed E-state index contributed by atoms with van der Waals surface area (Å²) < 4.78 is 5.83. The van der Waals surface area contributed by atoms with Gasteiger partial charge >= 0.3 is 5.97 Å². The highest BCUT2D eigenvalue weighted by molar-refractivity contribution is 7.12. The third-order valence-corrected chi connectivity index (χ3v) is 5.57. The number of benzene rings is 3. The molecule has 31 heavy (non-hydrogen) atoms. The molecule has 0 unspecified atom stereocenters. The first-order valence-corrected chi connectivity index (χ1v) is 10.0. The van der Waals surface area contributed by atoms with Crippen LogP contribution in [-0.2, 0) is 0 Å². The summed E-state index contributed by atoms with van der Waals surface area (Å²) in [4.78, 5) is 25.0. The zero-order chi connectivity index (χ0) is 22.1. The lowest BCUT2D eigenvalue weighted by Crippen LogP contribution is -2.10. The van der Waals surface area contributed by atoms with Gasteiger partial charge in [0.1, 0.15) is 17.1 Å². The van der Waals surface area contributed by atoms with Crippen molar-refractivity contribution in [1.29, 1.82) is 5.41 Å². The Labute approximate surface area is 181 Å². The normalized spacial score (nSPS) is 10.7. The predicted octanol–water partition coefficient (Wildman–Crippen LogP) is 4.49. The van der Waals surface area contributed by atoms with Crippen LogP contribution < -0.4 is 16.2 Å². The second-order valence-corrected chi connectivity index (χ2v) is 7.74. The van der Waals surface area contributed by atoms with Gasteiger partial charge in [0.15, 0.2) is 5.75 Å². The van der Waals surface area contributed by atoms with Gasteiger partial charge in [0.2, 0.25) is 5.78 Å².